The van der Waals surface area contributed by atoms with Crippen molar-refractivity contribution in [3.05, 3.63) is 71.1 Å². The Morgan fingerprint density at radius 2 is 1.68 bits per heavy atom. The van der Waals surface area contributed by atoms with Crippen molar-refractivity contribution >= 4 is 17.7 Å². The van der Waals surface area contributed by atoms with Crippen molar-refractivity contribution in [2.45, 2.75) is 31.9 Å². The molecule has 0 fully saturated rings. The van der Waals surface area contributed by atoms with Crippen LogP contribution in [-0.4, -0.2) is 24.6 Å². The number of nitrogens with one attached hydrogen (secondary N) is 1. The number of carbonyl (C=O) groups excluding carboxylic acids is 2. The molecule has 0 heterocycles. The highest BCUT2D eigenvalue weighted by Gasteiger charge is 2.35. The molecule has 147 valence electrons. The maximum absolute atomic E-state index is 12.8. The van der Waals surface area contributed by atoms with Gasteiger partial charge in [-0.05, 0) is 43.5 Å². The molecule has 0 aromatic heterocycles. The number of anilines is 1. The normalized spacial score (nSPS) is 11.3. The lowest BCUT2D eigenvalue weighted by molar-refractivity contribution is -0.121. The molecule has 2 amide bonds. The highest BCUT2D eigenvalue weighted by molar-refractivity contribution is 5.97. The summed E-state index contributed by atoms with van der Waals surface area (Å²) in [5.41, 5.74) is 6.65. The quantitative estimate of drug-likeness (QED) is 0.482. The van der Waals surface area contributed by atoms with Crippen molar-refractivity contribution in [2.24, 2.45) is 5.73 Å². The molecule has 0 saturated carbocycles. The fourth-order valence-electron chi connectivity index (χ4n) is 2.59. The molecule has 8 nitrogen and oxygen atoms in total. The predicted molar refractivity (Wildman–Crippen MR) is 106 cm³/mol. The molecule has 2 rings (SSSR count). The van der Waals surface area contributed by atoms with Crippen molar-refractivity contribution in [1.82, 2.24) is 10.6 Å². The van der Waals surface area contributed by atoms with Crippen LogP contribution in [0.4, 0.5) is 10.5 Å². The zero-order valence-electron chi connectivity index (χ0n) is 15.5. The molecular formula is C20H24N4O4+. The summed E-state index contributed by atoms with van der Waals surface area (Å²) in [5.74, 6) is -0.630. The Bertz CT molecular complexity index is 755. The summed E-state index contributed by atoms with van der Waals surface area (Å²) in [5, 5.41) is 6.10. The topological polar surface area (TPSA) is 116 Å². The molecule has 1 atom stereocenters. The first-order chi connectivity index (χ1) is 13.7. The zero-order valence-corrected chi connectivity index (χ0v) is 15.5. The van der Waals surface area contributed by atoms with Crippen LogP contribution in [0.3, 0.4) is 0 Å². The number of nitroso groups, excluding NO2 is 1. The van der Waals surface area contributed by atoms with Crippen LogP contribution < -0.4 is 21.3 Å². The molecular weight excluding hydrogens is 360 g/mol. The number of hydrogen-bond acceptors (Lipinski definition) is 6. The van der Waals surface area contributed by atoms with Crippen LogP contribution in [0, 0.1) is 4.91 Å². The number of benzene rings is 2. The fraction of sp³-hybridized carbons (Fsp3) is 0.300. The van der Waals surface area contributed by atoms with Gasteiger partial charge in [0.05, 0.1) is 0 Å². The summed E-state index contributed by atoms with van der Waals surface area (Å²) in [6.45, 7) is 0.540. The van der Waals surface area contributed by atoms with E-state index in [1.807, 2.05) is 30.3 Å². The monoisotopic (exact) mass is 384 g/mol. The summed E-state index contributed by atoms with van der Waals surface area (Å²) >= 11 is 0. The molecule has 8 heteroatoms. The highest BCUT2D eigenvalue weighted by atomic mass is 16.5. The van der Waals surface area contributed by atoms with E-state index in [0.29, 0.717) is 31.5 Å². The summed E-state index contributed by atoms with van der Waals surface area (Å²) in [7, 11) is 0. The van der Waals surface area contributed by atoms with Gasteiger partial charge in [0.2, 0.25) is 0 Å². The van der Waals surface area contributed by atoms with Crippen molar-refractivity contribution in [3.63, 3.8) is 0 Å². The Labute approximate surface area is 163 Å². The molecule has 0 spiro atoms. The fourth-order valence-corrected chi connectivity index (χ4v) is 2.59. The Kier molecular flexibility index (Phi) is 8.61. The van der Waals surface area contributed by atoms with E-state index in [2.05, 4.69) is 10.6 Å². The lowest BCUT2D eigenvalue weighted by Crippen LogP contribution is -2.49. The van der Waals surface area contributed by atoms with E-state index in [1.54, 1.807) is 30.3 Å². The second-order valence-corrected chi connectivity index (χ2v) is 6.11. The molecule has 0 unspecified atom stereocenters. The first-order valence-corrected chi connectivity index (χ1v) is 9.05. The number of nitrogens with zero attached hydrogens (tertiary/aromatic N) is 2. The number of hydrogen-bond donors (Lipinski definition) is 2. The van der Waals surface area contributed by atoms with E-state index in [0.717, 1.165) is 10.6 Å². The summed E-state index contributed by atoms with van der Waals surface area (Å²) in [6.07, 6.45) is 0.862. The SMILES string of the molecule is NCCCC[C@H](NC(=O)OCc1ccccc1)C(=O)N([N+]=O)c1ccccc1. The molecule has 2 aromatic carbocycles. The molecule has 0 saturated heterocycles. The number of unbranched alkanes of at least 4 members (excludes halogenated alkanes) is 1. The molecule has 0 aliphatic rings. The van der Waals surface area contributed by atoms with Gasteiger partial charge in [-0.15, -0.1) is 0 Å². The second-order valence-electron chi connectivity index (χ2n) is 6.11. The van der Waals surface area contributed by atoms with E-state index < -0.39 is 18.0 Å². The molecule has 0 bridgehead atoms. The first kappa shape index (κ1) is 21.0. The number of ether oxygens (including phenoxy) is 1. The van der Waals surface area contributed by atoms with E-state index in [9.17, 15) is 14.5 Å². The van der Waals surface area contributed by atoms with E-state index in [-0.39, 0.29) is 6.61 Å². The minimum absolute atomic E-state index is 0.0741. The summed E-state index contributed by atoms with van der Waals surface area (Å²) in [6, 6.07) is 16.5. The standard InChI is InChI=1S/C20H24N4O4/c21-14-8-7-13-18(19(25)24(23-27)17-11-5-2-6-12-17)22-20(26)28-15-16-9-3-1-4-10-16/h1-6,9-12,18H,7-8,13-15,21H2,(H,22,26)/q+1/t18-/m0/s1. The summed E-state index contributed by atoms with van der Waals surface area (Å²) in [4.78, 5) is 36.3. The van der Waals surface area contributed by atoms with Gasteiger partial charge in [0.15, 0.2) is 0 Å². The van der Waals surface area contributed by atoms with Gasteiger partial charge < -0.3 is 15.8 Å². The minimum Gasteiger partial charge on any atom is -0.445 e. The summed E-state index contributed by atoms with van der Waals surface area (Å²) < 4.78 is 5.18. The van der Waals surface area contributed by atoms with Crippen molar-refractivity contribution in [1.29, 1.82) is 0 Å². The van der Waals surface area contributed by atoms with Crippen LogP contribution in [0.5, 0.6) is 0 Å². The second kappa shape index (κ2) is 11.5. The molecule has 2 aromatic rings. The lowest BCUT2D eigenvalue weighted by Gasteiger charge is -2.17. The van der Waals surface area contributed by atoms with Crippen LogP contribution in [-0.2, 0) is 16.1 Å². The van der Waals surface area contributed by atoms with Crippen molar-refractivity contribution in [3.8, 4) is 0 Å². The number of para-hydroxylation sites is 1. The van der Waals surface area contributed by atoms with Crippen molar-refractivity contribution < 1.29 is 14.3 Å². The highest BCUT2D eigenvalue weighted by Crippen LogP contribution is 2.14. The number of amides is 2. The largest absolute Gasteiger partial charge is 0.494 e. The molecule has 28 heavy (non-hydrogen) atoms. The Morgan fingerprint density at radius 3 is 2.29 bits per heavy atom. The number of alkyl carbamates (subject to hydrolysis) is 1. The van der Waals surface area contributed by atoms with Gasteiger partial charge in [-0.25, -0.2) is 4.79 Å². The first-order valence-electron chi connectivity index (χ1n) is 9.05. The van der Waals surface area contributed by atoms with Gasteiger partial charge in [0.25, 0.3) is 0 Å². The lowest BCUT2D eigenvalue weighted by atomic mass is 10.1. The van der Waals surface area contributed by atoms with Gasteiger partial charge in [-0.2, -0.15) is 0 Å². The smallest absolute Gasteiger partial charge is 0.445 e. The minimum atomic E-state index is -0.951. The van der Waals surface area contributed by atoms with Crippen molar-refractivity contribution in [2.75, 3.05) is 11.6 Å². The average Bonchev–Trinajstić information content (AvgIpc) is 2.73. The molecule has 0 aliphatic carbocycles. The number of carbonyl (C=O) groups is 2. The van der Waals surface area contributed by atoms with Gasteiger partial charge >= 0.3 is 17.3 Å². The van der Waals surface area contributed by atoms with Gasteiger partial charge in [-0.1, -0.05) is 48.5 Å². The zero-order chi connectivity index (χ0) is 20.2. The Hall–Kier alpha value is -3.26. The van der Waals surface area contributed by atoms with Gasteiger partial charge in [0.1, 0.15) is 23.2 Å². The Balaban J connectivity index is 2.03. The average molecular weight is 384 g/mol. The van der Waals surface area contributed by atoms with Crippen LogP contribution in [0.2, 0.25) is 0 Å². The van der Waals surface area contributed by atoms with E-state index in [1.165, 1.54) is 0 Å². The Morgan fingerprint density at radius 1 is 1.04 bits per heavy atom. The molecule has 1 radical (unpaired) electrons. The van der Waals surface area contributed by atoms with Crippen LogP contribution in [0.1, 0.15) is 24.8 Å². The number of nitrogens with two attached hydrogens (primary N) is 1. The maximum Gasteiger partial charge on any atom is 0.494 e. The third kappa shape index (κ3) is 6.48. The van der Waals surface area contributed by atoms with Gasteiger partial charge in [0, 0.05) is 5.01 Å². The van der Waals surface area contributed by atoms with Crippen LogP contribution in [0.15, 0.2) is 60.7 Å². The third-order valence-corrected chi connectivity index (χ3v) is 4.04. The van der Waals surface area contributed by atoms with Gasteiger partial charge in [-0.3, -0.25) is 4.79 Å². The van der Waals surface area contributed by atoms with E-state index >= 15 is 0 Å². The van der Waals surface area contributed by atoms with Crippen LogP contribution >= 0.6 is 0 Å². The maximum atomic E-state index is 12.8. The number of rotatable bonds is 10. The predicted octanol–water partition coefficient (Wildman–Crippen LogP) is 2.46. The van der Waals surface area contributed by atoms with E-state index in [4.69, 9.17) is 10.5 Å². The molecule has 3 N–H and O–H groups in total. The van der Waals surface area contributed by atoms with Crippen LogP contribution in [0.25, 0.3) is 0 Å². The third-order valence-electron chi connectivity index (χ3n) is 4.04. The molecule has 0 aliphatic heterocycles.